The van der Waals surface area contributed by atoms with Gasteiger partial charge in [0.1, 0.15) is 18.2 Å². The fourth-order valence-electron chi connectivity index (χ4n) is 4.72. The molecule has 5 rings (SSSR count). The van der Waals surface area contributed by atoms with Crippen LogP contribution in [0.2, 0.25) is 0 Å². The minimum absolute atomic E-state index is 0.244. The second-order valence-electron chi connectivity index (χ2n) is 8.21. The Hall–Kier alpha value is -2.51. The average Bonchev–Trinajstić information content (AvgIpc) is 3.39. The number of benzene rings is 1. The van der Waals surface area contributed by atoms with Crippen LogP contribution in [0.5, 0.6) is 0 Å². The van der Waals surface area contributed by atoms with Crippen LogP contribution in [0.15, 0.2) is 30.3 Å². The summed E-state index contributed by atoms with van der Waals surface area (Å²) in [6.07, 6.45) is 3.23. The summed E-state index contributed by atoms with van der Waals surface area (Å²) in [5.74, 6) is 0.949. The van der Waals surface area contributed by atoms with Crippen molar-refractivity contribution >= 4 is 11.5 Å². The van der Waals surface area contributed by atoms with E-state index in [0.717, 1.165) is 82.1 Å². The Balaban J connectivity index is 1.47. The lowest BCUT2D eigenvalue weighted by atomic mass is 10.1. The van der Waals surface area contributed by atoms with E-state index in [1.54, 1.807) is 11.0 Å². The van der Waals surface area contributed by atoms with E-state index >= 15 is 0 Å². The molecule has 2 aromatic heterocycles. The topological polar surface area (TPSA) is 47.1 Å². The predicted molar refractivity (Wildman–Crippen MR) is 115 cm³/mol. The number of aryl methyl sites for hydroxylation is 1. The van der Waals surface area contributed by atoms with E-state index in [2.05, 4.69) is 4.90 Å². The fraction of sp³-hybridized carbons (Fsp3) is 0.478. The van der Waals surface area contributed by atoms with Gasteiger partial charge in [0, 0.05) is 29.5 Å². The van der Waals surface area contributed by atoms with E-state index in [-0.39, 0.29) is 5.82 Å². The van der Waals surface area contributed by atoms with E-state index in [4.69, 9.17) is 14.8 Å². The molecule has 1 fully saturated rings. The van der Waals surface area contributed by atoms with Crippen LogP contribution in [0.4, 0.5) is 10.2 Å². The molecule has 6 nitrogen and oxygen atoms in total. The molecule has 158 valence electrons. The molecule has 0 saturated carbocycles. The van der Waals surface area contributed by atoms with E-state index in [9.17, 15) is 4.39 Å². The highest BCUT2D eigenvalue weighted by Crippen LogP contribution is 2.32. The molecule has 0 atom stereocenters. The highest BCUT2D eigenvalue weighted by Gasteiger charge is 2.28. The average molecular weight is 411 g/mol. The van der Waals surface area contributed by atoms with Gasteiger partial charge in [0.05, 0.1) is 38.5 Å². The summed E-state index contributed by atoms with van der Waals surface area (Å²) < 4.78 is 21.3. The first-order valence-corrected chi connectivity index (χ1v) is 11.1. The number of halogens is 1. The minimum Gasteiger partial charge on any atom is -0.376 e. The molecule has 0 radical (unpaired) electrons. The molecule has 30 heavy (non-hydrogen) atoms. The number of hydrogen-bond donors (Lipinski definition) is 1. The SMILES string of the molecule is CCOCC[NH+]1CCN(c2c3c(nc4cc(-c5cccc(F)c5)nn24)CCC3)CC1. The number of rotatable bonds is 6. The summed E-state index contributed by atoms with van der Waals surface area (Å²) >= 11 is 0. The van der Waals surface area contributed by atoms with Gasteiger partial charge in [-0.2, -0.15) is 9.61 Å². The van der Waals surface area contributed by atoms with E-state index in [1.807, 2.05) is 23.6 Å². The zero-order valence-electron chi connectivity index (χ0n) is 17.5. The standard InChI is InChI=1S/C23H28FN5O/c1-2-30-14-13-27-9-11-28(12-10-27)23-19-7-4-8-20(19)25-22-16-21(26-29(22)23)17-5-3-6-18(24)15-17/h3,5-6,15-16H,2,4,7-14H2,1H3/p+1. The maximum Gasteiger partial charge on any atom is 0.158 e. The Morgan fingerprint density at radius 1 is 1.17 bits per heavy atom. The first kappa shape index (κ1) is 19.5. The van der Waals surface area contributed by atoms with Gasteiger partial charge in [-0.3, -0.25) is 0 Å². The van der Waals surface area contributed by atoms with Crippen molar-refractivity contribution in [1.29, 1.82) is 0 Å². The number of quaternary nitrogens is 1. The van der Waals surface area contributed by atoms with Gasteiger partial charge >= 0.3 is 0 Å². The van der Waals surface area contributed by atoms with Crippen LogP contribution in [0.1, 0.15) is 24.6 Å². The Kier molecular flexibility index (Phi) is 5.39. The van der Waals surface area contributed by atoms with Crippen molar-refractivity contribution in [2.45, 2.75) is 26.2 Å². The third-order valence-corrected chi connectivity index (χ3v) is 6.29. The van der Waals surface area contributed by atoms with Gasteiger partial charge in [0.15, 0.2) is 5.65 Å². The van der Waals surface area contributed by atoms with Crippen molar-refractivity contribution in [3.63, 3.8) is 0 Å². The van der Waals surface area contributed by atoms with Crippen LogP contribution in [0, 0.1) is 5.82 Å². The van der Waals surface area contributed by atoms with Crippen LogP contribution in [-0.2, 0) is 17.6 Å². The molecule has 1 saturated heterocycles. The minimum atomic E-state index is -0.244. The van der Waals surface area contributed by atoms with Crippen LogP contribution in [-0.4, -0.2) is 60.5 Å². The number of hydrogen-bond acceptors (Lipinski definition) is 4. The molecule has 7 heteroatoms. The summed E-state index contributed by atoms with van der Waals surface area (Å²) in [5.41, 5.74) is 4.96. The fourth-order valence-corrected chi connectivity index (χ4v) is 4.72. The molecule has 2 aliphatic rings. The molecule has 1 aliphatic carbocycles. The van der Waals surface area contributed by atoms with Crippen LogP contribution >= 0.6 is 0 Å². The van der Waals surface area contributed by atoms with Gasteiger partial charge in [-0.05, 0) is 38.3 Å². The van der Waals surface area contributed by atoms with Gasteiger partial charge in [-0.25, -0.2) is 9.37 Å². The molecule has 1 aliphatic heterocycles. The van der Waals surface area contributed by atoms with Crippen molar-refractivity contribution in [1.82, 2.24) is 14.6 Å². The number of anilines is 1. The molecular weight excluding hydrogens is 381 g/mol. The third-order valence-electron chi connectivity index (χ3n) is 6.29. The Morgan fingerprint density at radius 3 is 2.83 bits per heavy atom. The van der Waals surface area contributed by atoms with Gasteiger partial charge in [-0.1, -0.05) is 12.1 Å². The van der Waals surface area contributed by atoms with Crippen molar-refractivity contribution in [2.24, 2.45) is 0 Å². The molecule has 0 bridgehead atoms. The zero-order valence-corrected chi connectivity index (χ0v) is 17.5. The Bertz CT molecular complexity index is 1040. The molecule has 1 N–H and O–H groups in total. The maximum atomic E-state index is 13.7. The number of nitrogens with one attached hydrogen (secondary N) is 1. The smallest absolute Gasteiger partial charge is 0.158 e. The van der Waals surface area contributed by atoms with Crippen molar-refractivity contribution in [3.8, 4) is 11.3 Å². The van der Waals surface area contributed by atoms with Crippen LogP contribution < -0.4 is 9.80 Å². The van der Waals surface area contributed by atoms with Crippen molar-refractivity contribution < 1.29 is 14.0 Å². The summed E-state index contributed by atoms with van der Waals surface area (Å²) in [7, 11) is 0. The predicted octanol–water partition coefficient (Wildman–Crippen LogP) is 1.77. The van der Waals surface area contributed by atoms with Gasteiger partial charge in [-0.15, -0.1) is 0 Å². The second kappa shape index (κ2) is 8.32. The second-order valence-corrected chi connectivity index (χ2v) is 8.21. The number of piperazine rings is 1. The van der Waals surface area contributed by atoms with Gasteiger partial charge < -0.3 is 14.5 Å². The van der Waals surface area contributed by atoms with E-state index < -0.39 is 0 Å². The summed E-state index contributed by atoms with van der Waals surface area (Å²) in [6, 6.07) is 8.62. The van der Waals surface area contributed by atoms with Crippen LogP contribution in [0.3, 0.4) is 0 Å². The molecule has 0 amide bonds. The molecular formula is C23H29FN5O+. The highest BCUT2D eigenvalue weighted by molar-refractivity contribution is 5.67. The van der Waals surface area contributed by atoms with Crippen molar-refractivity contribution in [2.75, 3.05) is 50.8 Å². The Morgan fingerprint density at radius 2 is 2.03 bits per heavy atom. The first-order valence-electron chi connectivity index (χ1n) is 11.1. The largest absolute Gasteiger partial charge is 0.376 e. The summed E-state index contributed by atoms with van der Waals surface area (Å²) in [5, 5.41) is 4.88. The third kappa shape index (κ3) is 3.68. The maximum absolute atomic E-state index is 13.7. The van der Waals surface area contributed by atoms with E-state index in [0.29, 0.717) is 0 Å². The highest BCUT2D eigenvalue weighted by atomic mass is 19.1. The lowest BCUT2D eigenvalue weighted by molar-refractivity contribution is -0.901. The summed E-state index contributed by atoms with van der Waals surface area (Å²) in [4.78, 5) is 8.98. The zero-order chi connectivity index (χ0) is 20.5. The molecule has 1 aromatic carbocycles. The molecule has 0 unspecified atom stereocenters. The first-order chi connectivity index (χ1) is 14.7. The van der Waals surface area contributed by atoms with Gasteiger partial charge in [0.2, 0.25) is 0 Å². The lowest BCUT2D eigenvalue weighted by Gasteiger charge is -2.34. The van der Waals surface area contributed by atoms with Crippen molar-refractivity contribution in [3.05, 3.63) is 47.4 Å². The quantitative estimate of drug-likeness (QED) is 0.630. The number of fused-ring (bicyclic) bond motifs is 2. The monoisotopic (exact) mass is 410 g/mol. The van der Waals surface area contributed by atoms with Gasteiger partial charge in [0.25, 0.3) is 0 Å². The summed E-state index contributed by atoms with van der Waals surface area (Å²) in [6.45, 7) is 8.93. The Labute approximate surface area is 176 Å². The lowest BCUT2D eigenvalue weighted by Crippen LogP contribution is -3.15. The molecule has 0 spiro atoms. The number of nitrogens with zero attached hydrogens (tertiary/aromatic N) is 4. The molecule has 3 heterocycles. The normalized spacial score (nSPS) is 17.1. The number of aromatic nitrogens is 3. The van der Waals surface area contributed by atoms with Crippen LogP contribution in [0.25, 0.3) is 16.9 Å². The molecule has 3 aromatic rings. The number of ether oxygens (including phenoxy) is 1. The van der Waals surface area contributed by atoms with E-state index in [1.165, 1.54) is 29.2 Å².